The van der Waals surface area contributed by atoms with Crippen LogP contribution in [0.4, 0.5) is 0 Å². The zero-order valence-electron chi connectivity index (χ0n) is 12.4. The van der Waals surface area contributed by atoms with Gasteiger partial charge in [0.1, 0.15) is 0 Å². The Hall–Kier alpha value is -1.13. The Bertz CT molecular complexity index is 304. The van der Waals surface area contributed by atoms with Gasteiger partial charge in [0.2, 0.25) is 0 Å². The first-order chi connectivity index (χ1) is 9.83. The summed E-state index contributed by atoms with van der Waals surface area (Å²) in [4.78, 5) is 11.0. The second-order valence-corrected chi connectivity index (χ2v) is 4.70. The molecule has 1 unspecified atom stereocenters. The third kappa shape index (κ3) is 8.88. The van der Waals surface area contributed by atoms with E-state index >= 15 is 0 Å². The van der Waals surface area contributed by atoms with E-state index in [4.69, 9.17) is 14.2 Å². The van der Waals surface area contributed by atoms with Crippen molar-refractivity contribution in [3.8, 4) is 0 Å². The van der Waals surface area contributed by atoms with Crippen molar-refractivity contribution in [2.24, 2.45) is 0 Å². The predicted octanol–water partition coefficient (Wildman–Crippen LogP) is 3.38. The lowest BCUT2D eigenvalue weighted by molar-refractivity contribution is -0.162. The van der Waals surface area contributed by atoms with E-state index in [1.807, 2.05) is 12.2 Å². The second kappa shape index (κ2) is 11.7. The number of rotatable bonds is 9. The van der Waals surface area contributed by atoms with Gasteiger partial charge in [0.05, 0.1) is 6.61 Å². The molecule has 0 aromatic carbocycles. The molecule has 0 spiro atoms. The van der Waals surface area contributed by atoms with Gasteiger partial charge in [-0.25, -0.2) is 4.79 Å². The summed E-state index contributed by atoms with van der Waals surface area (Å²) in [7, 11) is 0. The molecule has 0 saturated carbocycles. The van der Waals surface area contributed by atoms with E-state index in [-0.39, 0.29) is 12.3 Å². The van der Waals surface area contributed by atoms with Crippen LogP contribution in [0.25, 0.3) is 0 Å². The molecule has 0 aromatic heterocycles. The largest absolute Gasteiger partial charge is 0.463 e. The second-order valence-electron chi connectivity index (χ2n) is 4.70. The lowest BCUT2D eigenvalue weighted by Crippen LogP contribution is -2.22. The summed E-state index contributed by atoms with van der Waals surface area (Å²) in [6, 6.07) is 0. The molecular weight excluding hydrogens is 256 g/mol. The third-order valence-electron chi connectivity index (χ3n) is 2.97. The van der Waals surface area contributed by atoms with Gasteiger partial charge in [-0.15, -0.1) is 0 Å². The van der Waals surface area contributed by atoms with Gasteiger partial charge in [-0.05, 0) is 45.4 Å². The van der Waals surface area contributed by atoms with Crippen molar-refractivity contribution in [2.75, 3.05) is 19.8 Å². The fourth-order valence-electron chi connectivity index (χ4n) is 1.92. The fraction of sp³-hybridized carbons (Fsp3) is 0.688. The predicted molar refractivity (Wildman–Crippen MR) is 78.3 cm³/mol. The highest BCUT2D eigenvalue weighted by molar-refractivity contribution is 5.82. The molecule has 1 saturated heterocycles. The van der Waals surface area contributed by atoms with Crippen molar-refractivity contribution in [3.05, 3.63) is 24.3 Å². The molecule has 1 rings (SSSR count). The Kier molecular flexibility index (Phi) is 9.88. The highest BCUT2D eigenvalue weighted by atomic mass is 16.7. The Morgan fingerprint density at radius 3 is 2.95 bits per heavy atom. The Morgan fingerprint density at radius 1 is 1.30 bits per heavy atom. The standard InChI is InChI=1S/C16H26O4/c1-2-18-15(17)11-7-5-3-4-6-9-13-19-16-12-8-10-14-20-16/h3,5,7,11,16H,2,4,6,8-10,12-14H2,1H3/b5-3+,11-7+. The van der Waals surface area contributed by atoms with Crippen molar-refractivity contribution in [1.29, 1.82) is 0 Å². The Morgan fingerprint density at radius 2 is 2.20 bits per heavy atom. The van der Waals surface area contributed by atoms with Crippen LogP contribution in [-0.2, 0) is 19.0 Å². The van der Waals surface area contributed by atoms with Crippen LogP contribution in [0, 0.1) is 0 Å². The SMILES string of the molecule is CCOC(=O)/C=C/C=C/CCCCOC1CCCCO1. The molecule has 1 aliphatic rings. The number of carbonyl (C=O) groups excluding carboxylic acids is 1. The Balaban J connectivity index is 1.92. The summed E-state index contributed by atoms with van der Waals surface area (Å²) in [5.74, 6) is -0.293. The quantitative estimate of drug-likeness (QED) is 0.281. The van der Waals surface area contributed by atoms with E-state index in [9.17, 15) is 4.79 Å². The average molecular weight is 282 g/mol. The van der Waals surface area contributed by atoms with E-state index in [1.165, 1.54) is 12.5 Å². The van der Waals surface area contributed by atoms with Crippen LogP contribution >= 0.6 is 0 Å². The van der Waals surface area contributed by atoms with Crippen LogP contribution < -0.4 is 0 Å². The van der Waals surface area contributed by atoms with Crippen LogP contribution in [0.3, 0.4) is 0 Å². The van der Waals surface area contributed by atoms with Crippen LogP contribution in [0.15, 0.2) is 24.3 Å². The van der Waals surface area contributed by atoms with Crippen LogP contribution in [0.2, 0.25) is 0 Å². The van der Waals surface area contributed by atoms with Crippen LogP contribution in [-0.4, -0.2) is 32.1 Å². The van der Waals surface area contributed by atoms with E-state index in [1.54, 1.807) is 13.0 Å². The number of esters is 1. The fourth-order valence-corrected chi connectivity index (χ4v) is 1.92. The minimum Gasteiger partial charge on any atom is -0.463 e. The molecule has 4 heteroatoms. The smallest absolute Gasteiger partial charge is 0.330 e. The molecular formula is C16H26O4. The van der Waals surface area contributed by atoms with Gasteiger partial charge in [-0.1, -0.05) is 18.2 Å². The topological polar surface area (TPSA) is 44.8 Å². The normalized spacial score (nSPS) is 19.8. The maximum atomic E-state index is 11.0. The van der Waals surface area contributed by atoms with Gasteiger partial charge in [0, 0.05) is 19.3 Å². The summed E-state index contributed by atoms with van der Waals surface area (Å²) >= 11 is 0. The molecule has 1 fully saturated rings. The van der Waals surface area contributed by atoms with E-state index in [0.717, 1.165) is 45.3 Å². The number of hydrogen-bond acceptors (Lipinski definition) is 4. The molecule has 0 aliphatic carbocycles. The van der Waals surface area contributed by atoms with E-state index < -0.39 is 0 Å². The summed E-state index contributed by atoms with van der Waals surface area (Å²) in [5, 5.41) is 0. The molecule has 114 valence electrons. The molecule has 0 N–H and O–H groups in total. The molecule has 1 atom stereocenters. The van der Waals surface area contributed by atoms with Crippen LogP contribution in [0.1, 0.15) is 45.4 Å². The highest BCUT2D eigenvalue weighted by Crippen LogP contribution is 2.14. The lowest BCUT2D eigenvalue weighted by Gasteiger charge is -2.22. The van der Waals surface area contributed by atoms with Crippen molar-refractivity contribution in [1.82, 2.24) is 0 Å². The molecule has 0 aromatic rings. The maximum Gasteiger partial charge on any atom is 0.330 e. The molecule has 4 nitrogen and oxygen atoms in total. The van der Waals surface area contributed by atoms with Gasteiger partial charge in [0.15, 0.2) is 6.29 Å². The first kappa shape index (κ1) is 16.9. The molecule has 0 radical (unpaired) electrons. The third-order valence-corrected chi connectivity index (χ3v) is 2.97. The Labute approximate surface area is 121 Å². The van der Waals surface area contributed by atoms with E-state index in [0.29, 0.717) is 6.61 Å². The number of hydrogen-bond donors (Lipinski definition) is 0. The first-order valence-electron chi connectivity index (χ1n) is 7.56. The monoisotopic (exact) mass is 282 g/mol. The van der Waals surface area contributed by atoms with Gasteiger partial charge in [-0.3, -0.25) is 0 Å². The van der Waals surface area contributed by atoms with Gasteiger partial charge in [0.25, 0.3) is 0 Å². The molecule has 1 aliphatic heterocycles. The zero-order chi connectivity index (χ0) is 14.5. The molecule has 0 amide bonds. The minimum absolute atomic E-state index is 0.0202. The summed E-state index contributed by atoms with van der Waals surface area (Å²) in [6.45, 7) is 3.80. The summed E-state index contributed by atoms with van der Waals surface area (Å²) in [5.41, 5.74) is 0. The lowest BCUT2D eigenvalue weighted by atomic mass is 10.2. The number of ether oxygens (including phenoxy) is 3. The first-order valence-corrected chi connectivity index (χ1v) is 7.56. The average Bonchev–Trinajstić information content (AvgIpc) is 2.47. The zero-order valence-corrected chi connectivity index (χ0v) is 12.4. The molecule has 1 heterocycles. The van der Waals surface area contributed by atoms with Crippen molar-refractivity contribution in [3.63, 3.8) is 0 Å². The molecule has 20 heavy (non-hydrogen) atoms. The minimum atomic E-state index is -0.293. The summed E-state index contributed by atoms with van der Waals surface area (Å²) in [6.07, 6.45) is 13.6. The van der Waals surface area contributed by atoms with Crippen LogP contribution in [0.5, 0.6) is 0 Å². The highest BCUT2D eigenvalue weighted by Gasteiger charge is 2.12. The maximum absolute atomic E-state index is 11.0. The summed E-state index contributed by atoms with van der Waals surface area (Å²) < 4.78 is 15.9. The van der Waals surface area contributed by atoms with Crippen molar-refractivity contribution >= 4 is 5.97 Å². The number of unbranched alkanes of at least 4 members (excludes halogenated alkanes) is 2. The number of allylic oxidation sites excluding steroid dienone is 3. The van der Waals surface area contributed by atoms with Crippen molar-refractivity contribution in [2.45, 2.75) is 51.7 Å². The van der Waals surface area contributed by atoms with E-state index in [2.05, 4.69) is 0 Å². The van der Waals surface area contributed by atoms with Gasteiger partial charge < -0.3 is 14.2 Å². The van der Waals surface area contributed by atoms with Gasteiger partial charge >= 0.3 is 5.97 Å². The number of carbonyl (C=O) groups is 1. The van der Waals surface area contributed by atoms with Gasteiger partial charge in [-0.2, -0.15) is 0 Å². The van der Waals surface area contributed by atoms with Crippen molar-refractivity contribution < 1.29 is 19.0 Å². The molecule has 0 bridgehead atoms.